The molecule has 2 N–H and O–H groups in total. The fourth-order valence-electron chi connectivity index (χ4n) is 3.60. The van der Waals surface area contributed by atoms with Crippen LogP contribution in [0.4, 0.5) is 5.69 Å². The molecule has 0 spiro atoms. The minimum atomic E-state index is -3.90. The molecule has 0 bridgehead atoms. The SMILES string of the molecule is O=C1NC(=O)c2cc(S(=O)(=O)N3CCCC(C(=O)Nc4ccccc4)C3)ccc21. The van der Waals surface area contributed by atoms with Gasteiger partial charge >= 0.3 is 0 Å². The Morgan fingerprint density at radius 3 is 2.52 bits per heavy atom. The zero-order chi connectivity index (χ0) is 20.6. The number of para-hydroxylation sites is 1. The summed E-state index contributed by atoms with van der Waals surface area (Å²) in [6.07, 6.45) is 1.14. The molecule has 150 valence electrons. The number of fused-ring (bicyclic) bond motifs is 1. The average molecular weight is 413 g/mol. The second kappa shape index (κ2) is 7.41. The highest BCUT2D eigenvalue weighted by Gasteiger charge is 2.35. The van der Waals surface area contributed by atoms with Crippen molar-refractivity contribution in [3.05, 3.63) is 59.7 Å². The standard InChI is InChI=1S/C20H19N3O5S/c24-18(21-14-6-2-1-3-7-14)13-5-4-10-23(12-13)29(27,28)15-8-9-16-17(11-15)20(26)22-19(16)25/h1-3,6-9,11,13H,4-5,10,12H2,(H,21,24)(H,22,25,26). The van der Waals surface area contributed by atoms with Gasteiger partial charge in [-0.05, 0) is 43.2 Å². The third-order valence-corrected chi connectivity index (χ3v) is 7.00. The number of imide groups is 1. The molecule has 9 heteroatoms. The van der Waals surface area contributed by atoms with E-state index in [0.29, 0.717) is 25.1 Å². The van der Waals surface area contributed by atoms with Gasteiger partial charge in [0.15, 0.2) is 0 Å². The molecule has 1 saturated heterocycles. The van der Waals surface area contributed by atoms with Crippen LogP contribution in [-0.2, 0) is 14.8 Å². The van der Waals surface area contributed by atoms with Gasteiger partial charge in [-0.25, -0.2) is 8.42 Å². The zero-order valence-corrected chi connectivity index (χ0v) is 16.2. The van der Waals surface area contributed by atoms with Gasteiger partial charge in [0.2, 0.25) is 15.9 Å². The number of benzene rings is 2. The maximum atomic E-state index is 13.1. The molecule has 0 saturated carbocycles. The Morgan fingerprint density at radius 1 is 1.03 bits per heavy atom. The van der Waals surface area contributed by atoms with Crippen LogP contribution in [0.2, 0.25) is 0 Å². The fraction of sp³-hybridized carbons (Fsp3) is 0.250. The quantitative estimate of drug-likeness (QED) is 0.740. The first-order valence-electron chi connectivity index (χ1n) is 9.22. The summed E-state index contributed by atoms with van der Waals surface area (Å²) in [7, 11) is -3.90. The summed E-state index contributed by atoms with van der Waals surface area (Å²) in [6.45, 7) is 0.350. The summed E-state index contributed by atoms with van der Waals surface area (Å²) in [5.41, 5.74) is 0.867. The van der Waals surface area contributed by atoms with E-state index in [-0.39, 0.29) is 28.5 Å². The monoisotopic (exact) mass is 413 g/mol. The number of carbonyl (C=O) groups is 3. The van der Waals surface area contributed by atoms with Crippen LogP contribution < -0.4 is 10.6 Å². The number of nitrogens with zero attached hydrogens (tertiary/aromatic N) is 1. The van der Waals surface area contributed by atoms with E-state index in [1.165, 1.54) is 22.5 Å². The zero-order valence-electron chi connectivity index (χ0n) is 15.4. The molecule has 2 aliphatic heterocycles. The van der Waals surface area contributed by atoms with Gasteiger partial charge in [-0.2, -0.15) is 4.31 Å². The predicted molar refractivity (Wildman–Crippen MR) is 105 cm³/mol. The molecular weight excluding hydrogens is 394 g/mol. The van der Waals surface area contributed by atoms with Crippen molar-refractivity contribution in [2.45, 2.75) is 17.7 Å². The molecule has 2 aromatic carbocycles. The highest BCUT2D eigenvalue weighted by atomic mass is 32.2. The van der Waals surface area contributed by atoms with Crippen LogP contribution in [0.15, 0.2) is 53.4 Å². The fourth-order valence-corrected chi connectivity index (χ4v) is 5.15. The molecule has 1 atom stereocenters. The van der Waals surface area contributed by atoms with Gasteiger partial charge in [0.1, 0.15) is 0 Å². The van der Waals surface area contributed by atoms with Crippen LogP contribution in [-0.4, -0.2) is 43.5 Å². The number of amides is 3. The molecule has 0 aromatic heterocycles. The predicted octanol–water partition coefficient (Wildman–Crippen LogP) is 1.61. The smallest absolute Gasteiger partial charge is 0.258 e. The first-order chi connectivity index (χ1) is 13.9. The number of hydrogen-bond acceptors (Lipinski definition) is 5. The lowest BCUT2D eigenvalue weighted by Gasteiger charge is -2.31. The number of anilines is 1. The van der Waals surface area contributed by atoms with Crippen molar-refractivity contribution in [1.29, 1.82) is 0 Å². The van der Waals surface area contributed by atoms with Gasteiger partial charge in [0, 0.05) is 18.8 Å². The van der Waals surface area contributed by atoms with Crippen molar-refractivity contribution in [3.63, 3.8) is 0 Å². The first-order valence-corrected chi connectivity index (χ1v) is 10.7. The Kier molecular flexibility index (Phi) is 4.93. The molecule has 2 aliphatic rings. The third kappa shape index (κ3) is 3.66. The lowest BCUT2D eigenvalue weighted by atomic mass is 9.99. The molecule has 2 aromatic rings. The molecule has 29 heavy (non-hydrogen) atoms. The Bertz CT molecular complexity index is 1100. The molecule has 0 aliphatic carbocycles. The second-order valence-corrected chi connectivity index (χ2v) is 8.99. The molecule has 3 amide bonds. The van der Waals surface area contributed by atoms with Crippen molar-refractivity contribution in [1.82, 2.24) is 9.62 Å². The van der Waals surface area contributed by atoms with Gasteiger partial charge < -0.3 is 5.32 Å². The topological polar surface area (TPSA) is 113 Å². The summed E-state index contributed by atoms with van der Waals surface area (Å²) in [5, 5.41) is 4.96. The molecule has 4 rings (SSSR count). The maximum absolute atomic E-state index is 13.1. The maximum Gasteiger partial charge on any atom is 0.258 e. The largest absolute Gasteiger partial charge is 0.326 e. The van der Waals surface area contributed by atoms with Crippen LogP contribution in [0, 0.1) is 5.92 Å². The van der Waals surface area contributed by atoms with Crippen molar-refractivity contribution >= 4 is 33.4 Å². The van der Waals surface area contributed by atoms with Crippen molar-refractivity contribution < 1.29 is 22.8 Å². The molecule has 2 heterocycles. The number of hydrogen-bond donors (Lipinski definition) is 2. The molecule has 8 nitrogen and oxygen atoms in total. The lowest BCUT2D eigenvalue weighted by molar-refractivity contribution is -0.120. The Hall–Kier alpha value is -3.04. The van der Waals surface area contributed by atoms with Crippen LogP contribution in [0.1, 0.15) is 33.6 Å². The van der Waals surface area contributed by atoms with E-state index in [0.717, 1.165) is 0 Å². The van der Waals surface area contributed by atoms with Gasteiger partial charge in [0.25, 0.3) is 11.8 Å². The van der Waals surface area contributed by atoms with Crippen molar-refractivity contribution in [3.8, 4) is 0 Å². The van der Waals surface area contributed by atoms with Gasteiger partial charge in [-0.1, -0.05) is 18.2 Å². The third-order valence-electron chi connectivity index (χ3n) is 5.14. The van der Waals surface area contributed by atoms with Crippen LogP contribution in [0.25, 0.3) is 0 Å². The van der Waals surface area contributed by atoms with E-state index in [9.17, 15) is 22.8 Å². The van der Waals surface area contributed by atoms with Gasteiger partial charge in [0.05, 0.1) is 21.9 Å². The minimum Gasteiger partial charge on any atom is -0.326 e. The molecular formula is C20H19N3O5S. The van der Waals surface area contributed by atoms with E-state index in [4.69, 9.17) is 0 Å². The van der Waals surface area contributed by atoms with E-state index >= 15 is 0 Å². The van der Waals surface area contributed by atoms with Crippen molar-refractivity contribution in [2.24, 2.45) is 5.92 Å². The van der Waals surface area contributed by atoms with Crippen LogP contribution in [0.5, 0.6) is 0 Å². The Labute approximate surface area is 168 Å². The van der Waals surface area contributed by atoms with E-state index in [2.05, 4.69) is 10.6 Å². The normalized spacial score (nSPS) is 19.5. The lowest BCUT2D eigenvalue weighted by Crippen LogP contribution is -2.43. The Balaban J connectivity index is 1.53. The molecule has 0 radical (unpaired) electrons. The number of piperidine rings is 1. The summed E-state index contributed by atoms with van der Waals surface area (Å²) >= 11 is 0. The van der Waals surface area contributed by atoms with Crippen molar-refractivity contribution in [2.75, 3.05) is 18.4 Å². The highest BCUT2D eigenvalue weighted by molar-refractivity contribution is 7.89. The van der Waals surface area contributed by atoms with Crippen LogP contribution in [0.3, 0.4) is 0 Å². The number of rotatable bonds is 4. The van der Waals surface area contributed by atoms with Gasteiger partial charge in [-0.15, -0.1) is 0 Å². The molecule has 1 unspecified atom stereocenters. The summed E-state index contributed by atoms with van der Waals surface area (Å²) in [5.74, 6) is -1.85. The van der Waals surface area contributed by atoms with Gasteiger partial charge in [-0.3, -0.25) is 19.7 Å². The summed E-state index contributed by atoms with van der Waals surface area (Å²) in [4.78, 5) is 36.0. The Morgan fingerprint density at radius 2 is 1.76 bits per heavy atom. The summed E-state index contributed by atoms with van der Waals surface area (Å²) < 4.78 is 27.4. The first kappa shape index (κ1) is 19.3. The van der Waals surface area contributed by atoms with E-state index in [1.54, 1.807) is 12.1 Å². The highest BCUT2D eigenvalue weighted by Crippen LogP contribution is 2.27. The number of carbonyl (C=O) groups excluding carboxylic acids is 3. The van der Waals surface area contributed by atoms with E-state index < -0.39 is 27.8 Å². The second-order valence-electron chi connectivity index (χ2n) is 7.05. The van der Waals surface area contributed by atoms with E-state index in [1.807, 2.05) is 18.2 Å². The number of sulfonamides is 1. The van der Waals surface area contributed by atoms with Crippen LogP contribution >= 0.6 is 0 Å². The minimum absolute atomic E-state index is 0.0476. The molecule has 1 fully saturated rings. The average Bonchev–Trinajstić information content (AvgIpc) is 3.02. The number of nitrogens with one attached hydrogen (secondary N) is 2. The summed E-state index contributed by atoms with van der Waals surface area (Å²) in [6, 6.07) is 12.9.